The van der Waals surface area contributed by atoms with Crippen LogP contribution >= 0.6 is 0 Å². The number of nitrogens with two attached hydrogens (primary N) is 1. The van der Waals surface area contributed by atoms with Crippen molar-refractivity contribution in [3.63, 3.8) is 0 Å². The maximum Gasteiger partial charge on any atom is 0.354 e. The molecule has 1 aromatic rings. The molecular weight excluding hydrogens is 158 g/mol. The molecule has 1 aromatic heterocycles. The fourth-order valence-corrected chi connectivity index (χ4v) is 0.864. The average Bonchev–Trinajstić information content (AvgIpc) is 2.04. The number of aromatic carboxylic acids is 1. The van der Waals surface area contributed by atoms with Gasteiger partial charge in [0.25, 0.3) is 0 Å². The molecule has 3 N–H and O–H groups in total. The first-order valence-corrected chi connectivity index (χ1v) is 3.49. The summed E-state index contributed by atoms with van der Waals surface area (Å²) in [5.74, 6) is -1.08. The molecule has 0 bridgehead atoms. The third kappa shape index (κ3) is 1.50. The second kappa shape index (κ2) is 3.17. The number of carbonyl (C=O) groups is 1. The van der Waals surface area contributed by atoms with Crippen molar-refractivity contribution in [2.24, 2.45) is 0 Å². The minimum absolute atomic E-state index is 0.00926. The Labute approximate surface area is 69.3 Å². The van der Waals surface area contributed by atoms with E-state index in [4.69, 9.17) is 10.8 Å². The zero-order valence-electron chi connectivity index (χ0n) is 6.61. The van der Waals surface area contributed by atoms with Gasteiger partial charge in [0.15, 0.2) is 5.69 Å². The van der Waals surface area contributed by atoms with Crippen LogP contribution in [0, 0.1) is 0 Å². The molecule has 0 aliphatic rings. The molecule has 5 nitrogen and oxygen atoms in total. The number of carboxylic acids is 1. The van der Waals surface area contributed by atoms with E-state index < -0.39 is 5.97 Å². The summed E-state index contributed by atoms with van der Waals surface area (Å²) >= 11 is 0. The highest BCUT2D eigenvalue weighted by Crippen LogP contribution is 2.06. The topological polar surface area (TPSA) is 89.1 Å². The van der Waals surface area contributed by atoms with E-state index in [1.807, 2.05) is 6.92 Å². The summed E-state index contributed by atoms with van der Waals surface area (Å²) in [6.07, 6.45) is 2.02. The molecule has 0 unspecified atom stereocenters. The van der Waals surface area contributed by atoms with Gasteiger partial charge in [0.05, 0.1) is 0 Å². The van der Waals surface area contributed by atoms with Crippen molar-refractivity contribution in [1.29, 1.82) is 0 Å². The van der Waals surface area contributed by atoms with Crippen LogP contribution in [-0.2, 0) is 6.42 Å². The molecule has 0 aliphatic carbocycles. The van der Waals surface area contributed by atoms with Crippen molar-refractivity contribution in [3.05, 3.63) is 17.5 Å². The summed E-state index contributed by atoms with van der Waals surface area (Å²) in [4.78, 5) is 17.9. The second-order valence-corrected chi connectivity index (χ2v) is 2.26. The van der Waals surface area contributed by atoms with Gasteiger partial charge < -0.3 is 10.8 Å². The minimum Gasteiger partial charge on any atom is -0.476 e. The van der Waals surface area contributed by atoms with Gasteiger partial charge in [0.2, 0.25) is 5.95 Å². The maximum absolute atomic E-state index is 10.6. The predicted octanol–water partition coefficient (Wildman–Crippen LogP) is 0.319. The number of nitrogen functional groups attached to an aromatic ring is 1. The lowest BCUT2D eigenvalue weighted by Gasteiger charge is -2.01. The number of aromatic nitrogens is 2. The fraction of sp³-hybridized carbons (Fsp3) is 0.286. The SMILES string of the molecule is CCc1cnc(N)nc1C(=O)O. The van der Waals surface area contributed by atoms with Crippen molar-refractivity contribution in [3.8, 4) is 0 Å². The van der Waals surface area contributed by atoms with Crippen LogP contribution in [0.15, 0.2) is 6.20 Å². The van der Waals surface area contributed by atoms with Crippen molar-refractivity contribution < 1.29 is 9.90 Å². The van der Waals surface area contributed by atoms with Crippen LogP contribution in [0.5, 0.6) is 0 Å². The standard InChI is InChI=1S/C7H9N3O2/c1-2-4-3-9-7(8)10-5(4)6(11)12/h3H,2H2,1H3,(H,11,12)(H2,8,9,10). The molecule has 0 amide bonds. The van der Waals surface area contributed by atoms with E-state index in [2.05, 4.69) is 9.97 Å². The Morgan fingerprint density at radius 1 is 1.75 bits per heavy atom. The molecule has 1 heterocycles. The smallest absolute Gasteiger partial charge is 0.354 e. The first-order chi connectivity index (χ1) is 5.65. The van der Waals surface area contributed by atoms with E-state index in [-0.39, 0.29) is 11.6 Å². The van der Waals surface area contributed by atoms with E-state index in [0.29, 0.717) is 12.0 Å². The number of hydrogen-bond donors (Lipinski definition) is 2. The number of rotatable bonds is 2. The molecule has 0 atom stereocenters. The Balaban J connectivity index is 3.21. The Morgan fingerprint density at radius 3 is 2.92 bits per heavy atom. The summed E-state index contributed by atoms with van der Waals surface area (Å²) in [5, 5.41) is 8.68. The Bertz CT molecular complexity index is 312. The van der Waals surface area contributed by atoms with Gasteiger partial charge in [-0.25, -0.2) is 14.8 Å². The molecule has 0 aliphatic heterocycles. The van der Waals surface area contributed by atoms with E-state index in [1.165, 1.54) is 6.20 Å². The van der Waals surface area contributed by atoms with Gasteiger partial charge >= 0.3 is 5.97 Å². The highest BCUT2D eigenvalue weighted by atomic mass is 16.4. The van der Waals surface area contributed by atoms with E-state index in [0.717, 1.165) is 0 Å². The van der Waals surface area contributed by atoms with Crippen molar-refractivity contribution in [2.45, 2.75) is 13.3 Å². The summed E-state index contributed by atoms with van der Waals surface area (Å²) in [7, 11) is 0. The monoisotopic (exact) mass is 167 g/mol. The number of nitrogens with zero attached hydrogens (tertiary/aromatic N) is 2. The van der Waals surface area contributed by atoms with E-state index in [1.54, 1.807) is 0 Å². The van der Waals surface area contributed by atoms with E-state index >= 15 is 0 Å². The Kier molecular flexibility index (Phi) is 2.23. The van der Waals surface area contributed by atoms with Gasteiger partial charge in [-0.1, -0.05) is 6.92 Å². The molecule has 0 saturated carbocycles. The number of carboxylic acid groups (broad SMARTS) is 1. The lowest BCUT2D eigenvalue weighted by atomic mass is 10.2. The minimum atomic E-state index is -1.07. The highest BCUT2D eigenvalue weighted by molar-refractivity contribution is 5.87. The largest absolute Gasteiger partial charge is 0.476 e. The van der Waals surface area contributed by atoms with Crippen LogP contribution in [0.3, 0.4) is 0 Å². The first kappa shape index (κ1) is 8.45. The van der Waals surface area contributed by atoms with Gasteiger partial charge in [0.1, 0.15) is 0 Å². The van der Waals surface area contributed by atoms with Crippen LogP contribution < -0.4 is 5.73 Å². The first-order valence-electron chi connectivity index (χ1n) is 3.49. The van der Waals surface area contributed by atoms with Crippen LogP contribution in [-0.4, -0.2) is 21.0 Å². The third-order valence-electron chi connectivity index (χ3n) is 1.47. The molecular formula is C7H9N3O2. The lowest BCUT2D eigenvalue weighted by molar-refractivity contribution is 0.0689. The quantitative estimate of drug-likeness (QED) is 0.662. The van der Waals surface area contributed by atoms with Crippen LogP contribution in [0.2, 0.25) is 0 Å². The van der Waals surface area contributed by atoms with E-state index in [9.17, 15) is 4.79 Å². The van der Waals surface area contributed by atoms with Crippen LogP contribution in [0.1, 0.15) is 23.0 Å². The molecule has 0 spiro atoms. The summed E-state index contributed by atoms with van der Waals surface area (Å²) < 4.78 is 0. The molecule has 0 saturated heterocycles. The van der Waals surface area contributed by atoms with Crippen LogP contribution in [0.25, 0.3) is 0 Å². The number of aryl methyl sites for hydroxylation is 1. The second-order valence-electron chi connectivity index (χ2n) is 2.26. The summed E-state index contributed by atoms with van der Waals surface area (Å²) in [5.41, 5.74) is 5.82. The highest BCUT2D eigenvalue weighted by Gasteiger charge is 2.10. The van der Waals surface area contributed by atoms with Crippen molar-refractivity contribution in [1.82, 2.24) is 9.97 Å². The molecule has 0 aromatic carbocycles. The molecule has 1 rings (SSSR count). The van der Waals surface area contributed by atoms with Gasteiger partial charge in [-0.05, 0) is 6.42 Å². The zero-order chi connectivity index (χ0) is 9.14. The molecule has 0 fully saturated rings. The lowest BCUT2D eigenvalue weighted by Crippen LogP contribution is -2.08. The number of hydrogen-bond acceptors (Lipinski definition) is 4. The summed E-state index contributed by atoms with van der Waals surface area (Å²) in [6, 6.07) is 0. The van der Waals surface area contributed by atoms with Crippen molar-refractivity contribution >= 4 is 11.9 Å². The average molecular weight is 167 g/mol. The molecule has 5 heteroatoms. The molecule has 12 heavy (non-hydrogen) atoms. The molecule has 0 radical (unpaired) electrons. The van der Waals surface area contributed by atoms with Gasteiger partial charge in [0, 0.05) is 11.8 Å². The Morgan fingerprint density at radius 2 is 2.42 bits per heavy atom. The summed E-state index contributed by atoms with van der Waals surface area (Å²) in [6.45, 7) is 1.83. The van der Waals surface area contributed by atoms with Crippen LogP contribution in [0.4, 0.5) is 5.95 Å². The normalized spacial score (nSPS) is 9.75. The van der Waals surface area contributed by atoms with Crippen molar-refractivity contribution in [2.75, 3.05) is 5.73 Å². The fourth-order valence-electron chi connectivity index (χ4n) is 0.864. The van der Waals surface area contributed by atoms with Gasteiger partial charge in [-0.15, -0.1) is 0 Å². The predicted molar refractivity (Wildman–Crippen MR) is 42.8 cm³/mol. The number of anilines is 1. The maximum atomic E-state index is 10.6. The van der Waals surface area contributed by atoms with Gasteiger partial charge in [-0.2, -0.15) is 0 Å². The molecule has 64 valence electrons. The Hall–Kier alpha value is -1.65. The third-order valence-corrected chi connectivity index (χ3v) is 1.47. The zero-order valence-corrected chi connectivity index (χ0v) is 6.61. The van der Waals surface area contributed by atoms with Gasteiger partial charge in [-0.3, -0.25) is 0 Å².